The first-order chi connectivity index (χ1) is 13.7. The van der Waals surface area contributed by atoms with E-state index in [1.807, 2.05) is 48.7 Å². The molecule has 1 aromatic carbocycles. The van der Waals surface area contributed by atoms with Gasteiger partial charge in [0.2, 0.25) is 0 Å². The molecule has 0 bridgehead atoms. The lowest BCUT2D eigenvalue weighted by molar-refractivity contribution is 0.186. The van der Waals surface area contributed by atoms with Gasteiger partial charge in [-0.15, -0.1) is 0 Å². The molecule has 5 nitrogen and oxygen atoms in total. The van der Waals surface area contributed by atoms with E-state index in [4.69, 9.17) is 28.6 Å². The topological polar surface area (TPSA) is 42.3 Å². The van der Waals surface area contributed by atoms with Crippen molar-refractivity contribution >= 4 is 34.6 Å². The fourth-order valence-electron chi connectivity index (χ4n) is 3.62. The first kappa shape index (κ1) is 18.9. The van der Waals surface area contributed by atoms with Gasteiger partial charge in [-0.3, -0.25) is 4.98 Å². The van der Waals surface area contributed by atoms with Crippen LogP contribution in [0.5, 0.6) is 0 Å². The maximum absolute atomic E-state index is 6.10. The van der Waals surface area contributed by atoms with Crippen LogP contribution in [0.1, 0.15) is 23.5 Å². The number of ether oxygens (including phenoxy) is 1. The summed E-state index contributed by atoms with van der Waals surface area (Å²) in [6.45, 7) is 1.41. The lowest BCUT2D eigenvalue weighted by Gasteiger charge is -2.29. The van der Waals surface area contributed by atoms with Crippen molar-refractivity contribution in [3.05, 3.63) is 83.4 Å². The molecule has 2 aromatic heterocycles. The van der Waals surface area contributed by atoms with E-state index < -0.39 is 0 Å². The van der Waals surface area contributed by atoms with E-state index in [0.29, 0.717) is 16.7 Å². The number of nitrogens with zero attached hydrogens (tertiary/aromatic N) is 3. The summed E-state index contributed by atoms with van der Waals surface area (Å²) in [4.78, 5) is 6.73. The van der Waals surface area contributed by atoms with Gasteiger partial charge >= 0.3 is 0 Å². The Balaban J connectivity index is 1.80. The number of hydrogen-bond acceptors (Lipinski definition) is 3. The summed E-state index contributed by atoms with van der Waals surface area (Å²) in [6.07, 6.45) is 3.89. The smallest absolute Gasteiger partial charge is 0.174 e. The molecule has 3 heterocycles. The van der Waals surface area contributed by atoms with E-state index in [1.54, 1.807) is 7.11 Å². The Labute approximate surface area is 174 Å². The second-order valence-corrected chi connectivity index (χ2v) is 7.42. The maximum atomic E-state index is 6.10. The third kappa shape index (κ3) is 3.63. The summed E-state index contributed by atoms with van der Waals surface area (Å²) in [5, 5.41) is 4.84. The Hall–Kier alpha value is -2.41. The van der Waals surface area contributed by atoms with E-state index in [9.17, 15) is 0 Å². The third-order valence-corrected chi connectivity index (χ3v) is 5.47. The zero-order chi connectivity index (χ0) is 19.5. The average Bonchev–Trinajstić information content (AvgIpc) is 3.31. The maximum Gasteiger partial charge on any atom is 0.174 e. The molecule has 0 radical (unpaired) electrons. The molecule has 0 spiro atoms. The van der Waals surface area contributed by atoms with E-state index in [2.05, 4.69) is 38.1 Å². The van der Waals surface area contributed by atoms with Gasteiger partial charge in [0.25, 0.3) is 0 Å². The van der Waals surface area contributed by atoms with Crippen molar-refractivity contribution in [1.82, 2.24) is 14.9 Å². The molecule has 0 unspecified atom stereocenters. The highest BCUT2D eigenvalue weighted by Crippen LogP contribution is 2.41. The molecule has 28 heavy (non-hydrogen) atoms. The summed E-state index contributed by atoms with van der Waals surface area (Å²) in [5.41, 5.74) is 3.09. The van der Waals surface area contributed by atoms with Gasteiger partial charge in [-0.25, -0.2) is 0 Å². The standard InChI is InChI=1S/C21H21ClN4OS/c1-27-14-13-25-12-4-6-18(25)20-19(17-5-2-3-11-23-17)24-21(28)26(20)16-9-7-15(22)8-10-16/h2-12,19-20H,13-14H2,1H3,(H,24,28)/t19-,20+/m1/s1. The molecule has 4 rings (SSSR count). The van der Waals surface area contributed by atoms with E-state index in [-0.39, 0.29) is 12.1 Å². The Morgan fingerprint density at radius 3 is 2.68 bits per heavy atom. The fourth-order valence-corrected chi connectivity index (χ4v) is 4.10. The van der Waals surface area contributed by atoms with Gasteiger partial charge < -0.3 is 19.5 Å². The second-order valence-electron chi connectivity index (χ2n) is 6.59. The zero-order valence-electron chi connectivity index (χ0n) is 15.5. The van der Waals surface area contributed by atoms with Crippen molar-refractivity contribution < 1.29 is 4.74 Å². The quantitative estimate of drug-likeness (QED) is 0.609. The predicted molar refractivity (Wildman–Crippen MR) is 116 cm³/mol. The van der Waals surface area contributed by atoms with Gasteiger partial charge in [0.1, 0.15) is 6.04 Å². The summed E-state index contributed by atoms with van der Waals surface area (Å²) >= 11 is 11.8. The van der Waals surface area contributed by atoms with Gasteiger partial charge in [-0.1, -0.05) is 17.7 Å². The summed E-state index contributed by atoms with van der Waals surface area (Å²) in [6, 6.07) is 17.8. The number of methoxy groups -OCH3 is 1. The number of hydrogen-bond donors (Lipinski definition) is 1. The van der Waals surface area contributed by atoms with Crippen LogP contribution in [-0.4, -0.2) is 28.4 Å². The highest BCUT2D eigenvalue weighted by Gasteiger charge is 2.41. The first-order valence-corrected chi connectivity index (χ1v) is 9.88. The Bertz CT molecular complexity index is 945. The molecule has 0 amide bonds. The number of aromatic nitrogens is 2. The minimum absolute atomic E-state index is 0.0459. The van der Waals surface area contributed by atoms with Crippen LogP contribution >= 0.6 is 23.8 Å². The molecule has 2 atom stereocenters. The summed E-state index contributed by atoms with van der Waals surface area (Å²) < 4.78 is 7.50. The van der Waals surface area contributed by atoms with Crippen molar-refractivity contribution in [1.29, 1.82) is 0 Å². The zero-order valence-corrected chi connectivity index (χ0v) is 17.0. The molecule has 1 saturated heterocycles. The van der Waals surface area contributed by atoms with Crippen molar-refractivity contribution in [3.8, 4) is 0 Å². The minimum atomic E-state index is -0.0689. The van der Waals surface area contributed by atoms with Gasteiger partial charge in [0.05, 0.1) is 18.3 Å². The Morgan fingerprint density at radius 2 is 1.96 bits per heavy atom. The lowest BCUT2D eigenvalue weighted by Crippen LogP contribution is -2.30. The van der Waals surface area contributed by atoms with Crippen LogP contribution in [0.15, 0.2) is 67.0 Å². The molecule has 1 fully saturated rings. The monoisotopic (exact) mass is 412 g/mol. The summed E-state index contributed by atoms with van der Waals surface area (Å²) in [5.74, 6) is 0. The molecule has 1 N–H and O–H groups in total. The molecule has 7 heteroatoms. The molecule has 0 saturated carbocycles. The van der Waals surface area contributed by atoms with Crippen molar-refractivity contribution in [3.63, 3.8) is 0 Å². The molecular weight excluding hydrogens is 392 g/mol. The van der Waals surface area contributed by atoms with E-state index >= 15 is 0 Å². The van der Waals surface area contributed by atoms with E-state index in [1.165, 1.54) is 0 Å². The van der Waals surface area contributed by atoms with Crippen LogP contribution in [0, 0.1) is 0 Å². The Kier molecular flexibility index (Phi) is 5.62. The van der Waals surface area contributed by atoms with Gasteiger partial charge in [0, 0.05) is 42.5 Å². The SMILES string of the molecule is COCCn1cccc1[C@H]1[C@@H](c2ccccn2)NC(=S)N1c1ccc(Cl)cc1. The number of thiocarbonyl (C=S) groups is 1. The highest BCUT2D eigenvalue weighted by molar-refractivity contribution is 7.80. The van der Waals surface area contributed by atoms with Crippen LogP contribution in [0.3, 0.4) is 0 Å². The third-order valence-electron chi connectivity index (χ3n) is 4.91. The normalized spacial score (nSPS) is 19.1. The van der Waals surface area contributed by atoms with Crippen LogP contribution in [0.4, 0.5) is 5.69 Å². The molecule has 0 aliphatic carbocycles. The number of rotatable bonds is 6. The summed E-state index contributed by atoms with van der Waals surface area (Å²) in [7, 11) is 1.71. The highest BCUT2D eigenvalue weighted by atomic mass is 35.5. The minimum Gasteiger partial charge on any atom is -0.383 e. The van der Waals surface area contributed by atoms with Gasteiger partial charge in [-0.05, 0) is 60.7 Å². The number of halogens is 1. The van der Waals surface area contributed by atoms with Gasteiger partial charge in [0.15, 0.2) is 5.11 Å². The fraction of sp³-hybridized carbons (Fsp3) is 0.238. The molecular formula is C21H21ClN4OS. The first-order valence-electron chi connectivity index (χ1n) is 9.09. The second kappa shape index (κ2) is 8.31. The van der Waals surface area contributed by atoms with Gasteiger partial charge in [-0.2, -0.15) is 0 Å². The average molecular weight is 413 g/mol. The number of anilines is 1. The number of benzene rings is 1. The molecule has 1 aliphatic heterocycles. The predicted octanol–water partition coefficient (Wildman–Crippen LogP) is 4.36. The number of nitrogens with one attached hydrogen (secondary N) is 1. The van der Waals surface area contributed by atoms with Crippen LogP contribution < -0.4 is 10.2 Å². The van der Waals surface area contributed by atoms with Crippen LogP contribution in [-0.2, 0) is 11.3 Å². The molecule has 3 aromatic rings. The van der Waals surface area contributed by atoms with Crippen molar-refractivity contribution in [2.24, 2.45) is 0 Å². The Morgan fingerprint density at radius 1 is 1.14 bits per heavy atom. The van der Waals surface area contributed by atoms with Crippen LogP contribution in [0.25, 0.3) is 0 Å². The van der Waals surface area contributed by atoms with Crippen molar-refractivity contribution in [2.45, 2.75) is 18.6 Å². The largest absolute Gasteiger partial charge is 0.383 e. The van der Waals surface area contributed by atoms with E-state index in [0.717, 1.165) is 23.6 Å². The van der Waals surface area contributed by atoms with Crippen molar-refractivity contribution in [2.75, 3.05) is 18.6 Å². The number of pyridine rings is 1. The molecule has 144 valence electrons. The van der Waals surface area contributed by atoms with Crippen LogP contribution in [0.2, 0.25) is 5.02 Å². The molecule has 1 aliphatic rings. The lowest BCUT2D eigenvalue weighted by atomic mass is 10.0.